The second-order valence-corrected chi connectivity index (χ2v) is 5.82. The molecule has 0 aliphatic carbocycles. The number of aromatic hydroxyl groups is 1. The van der Waals surface area contributed by atoms with Crippen molar-refractivity contribution in [3.63, 3.8) is 0 Å². The minimum atomic E-state index is 0.238. The van der Waals surface area contributed by atoms with Gasteiger partial charge in [0.25, 0.3) is 0 Å². The van der Waals surface area contributed by atoms with Gasteiger partial charge in [0.05, 0.1) is 4.47 Å². The fourth-order valence-electron chi connectivity index (χ4n) is 2.18. The largest absolute Gasteiger partial charge is 0.507 e. The fraction of sp³-hybridized carbons (Fsp3) is 0.0526. The summed E-state index contributed by atoms with van der Waals surface area (Å²) in [5, 5.41) is 9.75. The summed E-state index contributed by atoms with van der Waals surface area (Å²) in [6.07, 6.45) is 0. The lowest BCUT2D eigenvalue weighted by Crippen LogP contribution is -1.94. The van der Waals surface area contributed by atoms with Gasteiger partial charge in [0, 0.05) is 0 Å². The highest BCUT2D eigenvalue weighted by molar-refractivity contribution is 9.10. The van der Waals surface area contributed by atoms with Gasteiger partial charge in [0.15, 0.2) is 0 Å². The lowest BCUT2D eigenvalue weighted by Gasteiger charge is -2.08. The Labute approximate surface area is 138 Å². The van der Waals surface area contributed by atoms with E-state index in [-0.39, 0.29) is 5.75 Å². The average Bonchev–Trinajstić information content (AvgIpc) is 2.57. The predicted molar refractivity (Wildman–Crippen MR) is 92.0 cm³/mol. The Balaban J connectivity index is 1.71. The quantitative estimate of drug-likeness (QED) is 0.679. The van der Waals surface area contributed by atoms with Crippen LogP contribution < -0.4 is 4.74 Å². The van der Waals surface area contributed by atoms with Crippen LogP contribution in [0.15, 0.2) is 77.3 Å². The molecule has 0 heterocycles. The van der Waals surface area contributed by atoms with Gasteiger partial charge < -0.3 is 9.84 Å². The summed E-state index contributed by atoms with van der Waals surface area (Å²) >= 11 is 3.29. The highest BCUT2D eigenvalue weighted by Gasteiger charge is 2.03. The Hall–Kier alpha value is -2.26. The van der Waals surface area contributed by atoms with Gasteiger partial charge in [-0.3, -0.25) is 0 Å². The Morgan fingerprint density at radius 1 is 0.818 bits per heavy atom. The minimum absolute atomic E-state index is 0.238. The third-order valence-corrected chi connectivity index (χ3v) is 4.05. The van der Waals surface area contributed by atoms with E-state index in [4.69, 9.17) is 4.74 Å². The average molecular weight is 355 g/mol. The maximum atomic E-state index is 9.75. The molecule has 1 N–H and O–H groups in total. The lowest BCUT2D eigenvalue weighted by atomic mass is 10.1. The van der Waals surface area contributed by atoms with E-state index in [1.54, 1.807) is 6.07 Å². The lowest BCUT2D eigenvalue weighted by molar-refractivity contribution is 0.306. The molecule has 0 aliphatic rings. The molecular formula is C19H15BrO2. The van der Waals surface area contributed by atoms with E-state index in [2.05, 4.69) is 15.9 Å². The zero-order valence-corrected chi connectivity index (χ0v) is 13.5. The van der Waals surface area contributed by atoms with Crippen molar-refractivity contribution < 1.29 is 9.84 Å². The molecule has 0 saturated heterocycles. The second kappa shape index (κ2) is 6.67. The molecule has 0 fully saturated rings. The van der Waals surface area contributed by atoms with Crippen LogP contribution in [0.4, 0.5) is 0 Å². The topological polar surface area (TPSA) is 29.5 Å². The highest BCUT2D eigenvalue weighted by atomic mass is 79.9. The van der Waals surface area contributed by atoms with Crippen molar-refractivity contribution in [2.75, 3.05) is 0 Å². The molecule has 0 aliphatic heterocycles. The van der Waals surface area contributed by atoms with Crippen molar-refractivity contribution in [3.05, 3.63) is 82.8 Å². The molecule has 2 nitrogen and oxygen atoms in total. The molecule has 0 radical (unpaired) electrons. The first-order valence-corrected chi connectivity index (χ1v) is 7.77. The maximum absolute atomic E-state index is 9.75. The molecule has 3 heteroatoms. The van der Waals surface area contributed by atoms with Crippen LogP contribution in [-0.4, -0.2) is 5.11 Å². The third kappa shape index (κ3) is 3.49. The van der Waals surface area contributed by atoms with E-state index in [9.17, 15) is 5.11 Å². The van der Waals surface area contributed by atoms with Gasteiger partial charge in [-0.1, -0.05) is 48.5 Å². The molecule has 0 spiro atoms. The Bertz CT molecular complexity index is 752. The zero-order chi connectivity index (χ0) is 15.4. The Morgan fingerprint density at radius 3 is 2.18 bits per heavy atom. The Kier molecular flexibility index (Phi) is 4.45. The summed E-state index contributed by atoms with van der Waals surface area (Å²) in [7, 11) is 0. The molecule has 22 heavy (non-hydrogen) atoms. The first-order chi connectivity index (χ1) is 10.7. The number of halogens is 1. The number of benzene rings is 3. The SMILES string of the molecule is Oc1cc(-c2ccc(OCc3ccccc3)cc2)ccc1Br. The van der Waals surface area contributed by atoms with Gasteiger partial charge in [-0.2, -0.15) is 0 Å². The maximum Gasteiger partial charge on any atom is 0.130 e. The summed E-state index contributed by atoms with van der Waals surface area (Å²) < 4.78 is 6.46. The van der Waals surface area contributed by atoms with E-state index >= 15 is 0 Å². The minimum Gasteiger partial charge on any atom is -0.507 e. The van der Waals surface area contributed by atoms with Crippen LogP contribution in [-0.2, 0) is 6.61 Å². The van der Waals surface area contributed by atoms with Crippen LogP contribution in [0.2, 0.25) is 0 Å². The fourth-order valence-corrected chi connectivity index (χ4v) is 2.42. The molecule has 3 aromatic rings. The van der Waals surface area contributed by atoms with E-state index in [0.29, 0.717) is 11.1 Å². The molecule has 0 saturated carbocycles. The molecule has 0 bridgehead atoms. The van der Waals surface area contributed by atoms with Crippen molar-refractivity contribution in [2.45, 2.75) is 6.61 Å². The smallest absolute Gasteiger partial charge is 0.130 e. The van der Waals surface area contributed by atoms with Gasteiger partial charge in [-0.15, -0.1) is 0 Å². The highest BCUT2D eigenvalue weighted by Crippen LogP contribution is 2.30. The van der Waals surface area contributed by atoms with Crippen molar-refractivity contribution >= 4 is 15.9 Å². The molecule has 0 amide bonds. The molecule has 3 rings (SSSR count). The molecule has 0 aromatic heterocycles. The molecule has 3 aromatic carbocycles. The van der Waals surface area contributed by atoms with E-state index in [1.807, 2.05) is 66.7 Å². The zero-order valence-electron chi connectivity index (χ0n) is 11.9. The van der Waals surface area contributed by atoms with Gasteiger partial charge >= 0.3 is 0 Å². The summed E-state index contributed by atoms with van der Waals surface area (Å²) in [5.41, 5.74) is 3.15. The number of phenols is 1. The van der Waals surface area contributed by atoms with E-state index in [0.717, 1.165) is 22.4 Å². The number of ether oxygens (including phenoxy) is 1. The Morgan fingerprint density at radius 2 is 1.50 bits per heavy atom. The van der Waals surface area contributed by atoms with Crippen LogP contribution in [0.5, 0.6) is 11.5 Å². The van der Waals surface area contributed by atoms with Gasteiger partial charge in [-0.05, 0) is 56.9 Å². The number of rotatable bonds is 4. The molecule has 0 atom stereocenters. The van der Waals surface area contributed by atoms with Gasteiger partial charge in [-0.25, -0.2) is 0 Å². The summed E-state index contributed by atoms with van der Waals surface area (Å²) in [6.45, 7) is 0.555. The number of phenolic OH excluding ortho intramolecular Hbond substituents is 1. The van der Waals surface area contributed by atoms with Crippen molar-refractivity contribution in [3.8, 4) is 22.6 Å². The standard InChI is InChI=1S/C19H15BrO2/c20-18-11-8-16(12-19(18)21)15-6-9-17(10-7-15)22-13-14-4-2-1-3-5-14/h1-12,21H,13H2. The van der Waals surface area contributed by atoms with Crippen LogP contribution in [0, 0.1) is 0 Å². The monoisotopic (exact) mass is 354 g/mol. The van der Waals surface area contributed by atoms with Gasteiger partial charge in [0.1, 0.15) is 18.1 Å². The van der Waals surface area contributed by atoms with Crippen LogP contribution >= 0.6 is 15.9 Å². The van der Waals surface area contributed by atoms with Crippen LogP contribution in [0.3, 0.4) is 0 Å². The normalized spacial score (nSPS) is 10.4. The summed E-state index contributed by atoms with van der Waals surface area (Å²) in [6, 6.07) is 23.5. The summed E-state index contributed by atoms with van der Waals surface area (Å²) in [5.74, 6) is 1.07. The summed E-state index contributed by atoms with van der Waals surface area (Å²) in [4.78, 5) is 0. The predicted octanol–water partition coefficient (Wildman–Crippen LogP) is 5.40. The number of hydrogen-bond acceptors (Lipinski definition) is 2. The molecule has 0 unspecified atom stereocenters. The first-order valence-electron chi connectivity index (χ1n) is 6.98. The van der Waals surface area contributed by atoms with E-state index < -0.39 is 0 Å². The molecule has 110 valence electrons. The van der Waals surface area contributed by atoms with E-state index in [1.165, 1.54) is 0 Å². The second-order valence-electron chi connectivity index (χ2n) is 4.96. The van der Waals surface area contributed by atoms with Crippen LogP contribution in [0.25, 0.3) is 11.1 Å². The third-order valence-electron chi connectivity index (χ3n) is 3.38. The number of hydrogen-bond donors (Lipinski definition) is 1. The van der Waals surface area contributed by atoms with Crippen molar-refractivity contribution in [1.29, 1.82) is 0 Å². The first kappa shape index (κ1) is 14.7. The molecular weight excluding hydrogens is 340 g/mol. The van der Waals surface area contributed by atoms with Crippen LogP contribution in [0.1, 0.15) is 5.56 Å². The van der Waals surface area contributed by atoms with Crippen molar-refractivity contribution in [2.24, 2.45) is 0 Å². The van der Waals surface area contributed by atoms with Gasteiger partial charge in [0.2, 0.25) is 0 Å². The van der Waals surface area contributed by atoms with Crippen molar-refractivity contribution in [1.82, 2.24) is 0 Å².